The van der Waals surface area contributed by atoms with Gasteiger partial charge in [-0.1, -0.05) is 30.3 Å². The molecule has 0 amide bonds. The monoisotopic (exact) mass is 230 g/mol. The second-order valence-corrected chi connectivity index (χ2v) is 3.72. The van der Waals surface area contributed by atoms with Gasteiger partial charge in [-0.2, -0.15) is 0 Å². The van der Waals surface area contributed by atoms with E-state index in [0.717, 1.165) is 11.4 Å². The van der Waals surface area contributed by atoms with Gasteiger partial charge in [0, 0.05) is 18.0 Å². The van der Waals surface area contributed by atoms with Crippen LogP contribution >= 0.6 is 0 Å². The smallest absolute Gasteiger partial charge is 0.328 e. The fraction of sp³-hybridized carbons (Fsp3) is 0.231. The maximum atomic E-state index is 11.5. The third-order valence-corrected chi connectivity index (χ3v) is 2.66. The molecule has 0 saturated heterocycles. The standard InChI is InChI=1S/C13H14N2O2/c1-10(13(16)17-2)15-9-8-14-12(15)11-6-4-3-5-7-11/h3-10H,1-2H3/t10-/m1/s1. The van der Waals surface area contributed by atoms with Crippen LogP contribution in [0.15, 0.2) is 42.7 Å². The summed E-state index contributed by atoms with van der Waals surface area (Å²) in [7, 11) is 1.39. The van der Waals surface area contributed by atoms with Crippen molar-refractivity contribution < 1.29 is 9.53 Å². The molecule has 1 heterocycles. The van der Waals surface area contributed by atoms with Gasteiger partial charge in [0.2, 0.25) is 0 Å². The van der Waals surface area contributed by atoms with Crippen LogP contribution in [0.5, 0.6) is 0 Å². The molecule has 0 saturated carbocycles. The molecule has 88 valence electrons. The number of imidazole rings is 1. The fourth-order valence-corrected chi connectivity index (χ4v) is 1.72. The number of carbonyl (C=O) groups is 1. The normalized spacial score (nSPS) is 12.1. The fourth-order valence-electron chi connectivity index (χ4n) is 1.72. The van der Waals surface area contributed by atoms with Crippen molar-refractivity contribution in [3.8, 4) is 11.4 Å². The van der Waals surface area contributed by atoms with Crippen molar-refractivity contribution in [1.82, 2.24) is 9.55 Å². The first kappa shape index (κ1) is 11.4. The van der Waals surface area contributed by atoms with Gasteiger partial charge in [-0.3, -0.25) is 0 Å². The molecule has 0 fully saturated rings. The zero-order valence-electron chi connectivity index (χ0n) is 9.83. The number of methoxy groups -OCH3 is 1. The van der Waals surface area contributed by atoms with Crippen molar-refractivity contribution in [3.63, 3.8) is 0 Å². The van der Waals surface area contributed by atoms with E-state index < -0.39 is 0 Å². The van der Waals surface area contributed by atoms with E-state index in [9.17, 15) is 4.79 Å². The molecule has 2 aromatic rings. The Morgan fingerprint density at radius 3 is 2.71 bits per heavy atom. The zero-order chi connectivity index (χ0) is 12.3. The summed E-state index contributed by atoms with van der Waals surface area (Å²) in [6, 6.07) is 9.37. The van der Waals surface area contributed by atoms with Gasteiger partial charge < -0.3 is 9.30 Å². The van der Waals surface area contributed by atoms with Crippen molar-refractivity contribution in [2.24, 2.45) is 0 Å². The predicted molar refractivity (Wildman–Crippen MR) is 64.4 cm³/mol. The van der Waals surface area contributed by atoms with Crippen LogP contribution in [0.2, 0.25) is 0 Å². The van der Waals surface area contributed by atoms with Crippen LogP contribution in [0.4, 0.5) is 0 Å². The van der Waals surface area contributed by atoms with Crippen molar-refractivity contribution >= 4 is 5.97 Å². The molecule has 0 aliphatic rings. The summed E-state index contributed by atoms with van der Waals surface area (Å²) in [5, 5.41) is 0. The second kappa shape index (κ2) is 4.82. The van der Waals surface area contributed by atoms with Crippen LogP contribution in [0.3, 0.4) is 0 Å². The largest absolute Gasteiger partial charge is 0.467 e. The molecule has 0 bridgehead atoms. The SMILES string of the molecule is COC(=O)[C@@H](C)n1ccnc1-c1ccccc1. The number of benzene rings is 1. The molecule has 1 atom stereocenters. The third kappa shape index (κ3) is 2.20. The molecule has 4 heteroatoms. The number of carbonyl (C=O) groups excluding carboxylic acids is 1. The number of nitrogens with zero attached hydrogens (tertiary/aromatic N) is 2. The van der Waals surface area contributed by atoms with E-state index in [4.69, 9.17) is 4.74 Å². The highest BCUT2D eigenvalue weighted by atomic mass is 16.5. The summed E-state index contributed by atoms with van der Waals surface area (Å²) >= 11 is 0. The summed E-state index contributed by atoms with van der Waals surface area (Å²) in [5.74, 6) is 0.490. The average Bonchev–Trinajstić information content (AvgIpc) is 2.87. The molecule has 4 nitrogen and oxygen atoms in total. The summed E-state index contributed by atoms with van der Waals surface area (Å²) < 4.78 is 6.55. The lowest BCUT2D eigenvalue weighted by Gasteiger charge is -2.13. The van der Waals surface area contributed by atoms with Crippen LogP contribution in [0.25, 0.3) is 11.4 Å². The van der Waals surface area contributed by atoms with Gasteiger partial charge in [-0.05, 0) is 6.92 Å². The van der Waals surface area contributed by atoms with Gasteiger partial charge in [-0.15, -0.1) is 0 Å². The van der Waals surface area contributed by atoms with Crippen LogP contribution in [-0.4, -0.2) is 22.6 Å². The number of esters is 1. The summed E-state index contributed by atoms with van der Waals surface area (Å²) in [4.78, 5) is 15.8. The summed E-state index contributed by atoms with van der Waals surface area (Å²) in [6.07, 6.45) is 3.46. The number of hydrogen-bond acceptors (Lipinski definition) is 3. The van der Waals surface area contributed by atoms with E-state index in [1.165, 1.54) is 7.11 Å². The van der Waals surface area contributed by atoms with Crippen molar-refractivity contribution in [1.29, 1.82) is 0 Å². The molecule has 0 aliphatic carbocycles. The van der Waals surface area contributed by atoms with Gasteiger partial charge in [0.1, 0.15) is 11.9 Å². The molecular weight excluding hydrogens is 216 g/mol. The van der Waals surface area contributed by atoms with Crippen molar-refractivity contribution in [3.05, 3.63) is 42.7 Å². The van der Waals surface area contributed by atoms with E-state index in [0.29, 0.717) is 0 Å². The van der Waals surface area contributed by atoms with Gasteiger partial charge in [0.25, 0.3) is 0 Å². The van der Waals surface area contributed by atoms with E-state index in [-0.39, 0.29) is 12.0 Å². The second-order valence-electron chi connectivity index (χ2n) is 3.72. The predicted octanol–water partition coefficient (Wildman–Crippen LogP) is 2.28. The highest BCUT2D eigenvalue weighted by Crippen LogP contribution is 2.21. The average molecular weight is 230 g/mol. The van der Waals surface area contributed by atoms with E-state index in [2.05, 4.69) is 4.98 Å². The van der Waals surface area contributed by atoms with Gasteiger partial charge in [-0.25, -0.2) is 9.78 Å². The molecule has 2 rings (SSSR count). The Bertz CT molecular complexity index is 505. The van der Waals surface area contributed by atoms with Gasteiger partial charge in [0.05, 0.1) is 7.11 Å². The summed E-state index contributed by atoms with van der Waals surface area (Å²) in [5.41, 5.74) is 0.980. The number of aromatic nitrogens is 2. The lowest BCUT2D eigenvalue weighted by atomic mass is 10.2. The molecule has 1 aromatic heterocycles. The minimum Gasteiger partial charge on any atom is -0.467 e. The first-order valence-corrected chi connectivity index (χ1v) is 5.40. The molecule has 0 aliphatic heterocycles. The maximum Gasteiger partial charge on any atom is 0.328 e. The Morgan fingerprint density at radius 2 is 2.06 bits per heavy atom. The minimum absolute atomic E-state index is 0.278. The number of hydrogen-bond donors (Lipinski definition) is 0. The Kier molecular flexibility index (Phi) is 3.23. The number of ether oxygens (including phenoxy) is 1. The van der Waals surface area contributed by atoms with Gasteiger partial charge >= 0.3 is 5.97 Å². The zero-order valence-corrected chi connectivity index (χ0v) is 9.83. The van der Waals surface area contributed by atoms with Crippen molar-refractivity contribution in [2.75, 3.05) is 7.11 Å². The molecule has 0 unspecified atom stereocenters. The van der Waals surface area contributed by atoms with Crippen LogP contribution in [-0.2, 0) is 9.53 Å². The summed E-state index contributed by atoms with van der Waals surface area (Å²) in [6.45, 7) is 1.79. The third-order valence-electron chi connectivity index (χ3n) is 2.66. The van der Waals surface area contributed by atoms with Crippen molar-refractivity contribution in [2.45, 2.75) is 13.0 Å². The molecular formula is C13H14N2O2. The highest BCUT2D eigenvalue weighted by Gasteiger charge is 2.18. The highest BCUT2D eigenvalue weighted by molar-refractivity contribution is 5.74. The molecule has 17 heavy (non-hydrogen) atoms. The molecule has 1 aromatic carbocycles. The Hall–Kier alpha value is -2.10. The van der Waals surface area contributed by atoms with E-state index in [1.807, 2.05) is 30.3 Å². The molecule has 0 N–H and O–H groups in total. The lowest BCUT2D eigenvalue weighted by Crippen LogP contribution is -2.18. The Morgan fingerprint density at radius 1 is 1.35 bits per heavy atom. The molecule has 0 radical (unpaired) electrons. The van der Waals surface area contributed by atoms with Crippen LogP contribution < -0.4 is 0 Å². The van der Waals surface area contributed by atoms with E-state index >= 15 is 0 Å². The topological polar surface area (TPSA) is 44.1 Å². The van der Waals surface area contributed by atoms with E-state index in [1.54, 1.807) is 23.9 Å². The Labute approximate surface area is 99.9 Å². The van der Waals surface area contributed by atoms with Crippen LogP contribution in [0.1, 0.15) is 13.0 Å². The first-order chi connectivity index (χ1) is 8.24. The number of rotatable bonds is 3. The maximum absolute atomic E-state index is 11.5. The Balaban J connectivity index is 2.39. The van der Waals surface area contributed by atoms with Crippen LogP contribution in [0, 0.1) is 0 Å². The van der Waals surface area contributed by atoms with Gasteiger partial charge in [0.15, 0.2) is 0 Å². The minimum atomic E-state index is -0.377. The molecule has 0 spiro atoms. The lowest BCUT2D eigenvalue weighted by molar-refractivity contribution is -0.143. The quantitative estimate of drug-likeness (QED) is 0.760. The first-order valence-electron chi connectivity index (χ1n) is 5.40.